The zero-order chi connectivity index (χ0) is 31.3. The van der Waals surface area contributed by atoms with Crippen molar-refractivity contribution < 1.29 is 57.6 Å². The van der Waals surface area contributed by atoms with Crippen molar-refractivity contribution in [2.45, 2.75) is 44.2 Å². The molecule has 4 heterocycles. The molecule has 11 nitrogen and oxygen atoms in total. The largest absolute Gasteiger partial charge is 1.00 e. The third-order valence-corrected chi connectivity index (χ3v) is 10.3. The third-order valence-electron chi connectivity index (χ3n) is 8.23. The first-order valence-corrected chi connectivity index (χ1v) is 16.0. The summed E-state index contributed by atoms with van der Waals surface area (Å²) in [5.41, 5.74) is 2.52. The maximum atomic E-state index is 13.7. The van der Waals surface area contributed by atoms with Crippen molar-refractivity contribution >= 4 is 51.1 Å². The Balaban J connectivity index is 0.00000400. The first-order chi connectivity index (χ1) is 21.1. The van der Waals surface area contributed by atoms with Gasteiger partial charge in [-0.2, -0.15) is 4.40 Å². The van der Waals surface area contributed by atoms with Gasteiger partial charge in [0.2, 0.25) is 15.8 Å². The molecule has 1 fully saturated rings. The van der Waals surface area contributed by atoms with Gasteiger partial charge < -0.3 is 43.5 Å². The number of esters is 1. The molecule has 0 radical (unpaired) electrons. The second-order valence-electron chi connectivity index (χ2n) is 10.9. The number of fused-ring (bicyclic) bond motifs is 2. The monoisotopic (exact) mass is 762 g/mol. The normalized spacial score (nSPS) is 19.6. The van der Waals surface area contributed by atoms with Crippen molar-refractivity contribution in [3.63, 3.8) is 0 Å². The number of aliphatic hydroxyl groups is 1. The molecule has 2 aromatic carbocycles. The summed E-state index contributed by atoms with van der Waals surface area (Å²) in [6, 6.07) is 13.3. The molecule has 0 aliphatic carbocycles. The summed E-state index contributed by atoms with van der Waals surface area (Å²) in [5.74, 6) is -1.00. The van der Waals surface area contributed by atoms with E-state index in [9.17, 15) is 24.8 Å². The Morgan fingerprint density at radius 3 is 2.60 bits per heavy atom. The van der Waals surface area contributed by atoms with E-state index in [1.807, 2.05) is 48.3 Å². The van der Waals surface area contributed by atoms with Crippen LogP contribution in [0.15, 0.2) is 71.8 Å². The minimum Gasteiger partial charge on any atom is -1.00 e. The highest BCUT2D eigenvalue weighted by Crippen LogP contribution is 2.52. The van der Waals surface area contributed by atoms with Crippen LogP contribution in [0.1, 0.15) is 29.9 Å². The number of nitro groups is 1. The number of amides is 1. The first kappa shape index (κ1) is 32.9. The van der Waals surface area contributed by atoms with Crippen LogP contribution in [0.3, 0.4) is 0 Å². The van der Waals surface area contributed by atoms with E-state index in [1.54, 1.807) is 25.8 Å². The van der Waals surface area contributed by atoms with Gasteiger partial charge in [-0.3, -0.25) is 14.9 Å². The number of rotatable bonds is 10. The van der Waals surface area contributed by atoms with Crippen molar-refractivity contribution in [2.24, 2.45) is 11.8 Å². The quantitative estimate of drug-likeness (QED) is 0.0488. The molecule has 0 unspecified atom stereocenters. The Morgan fingerprint density at radius 2 is 1.96 bits per heavy atom. The molecule has 6 rings (SSSR count). The van der Waals surface area contributed by atoms with Crippen molar-refractivity contribution in [1.29, 1.82) is 0 Å². The van der Waals surface area contributed by atoms with Crippen LogP contribution in [0.25, 0.3) is 10.4 Å². The molecule has 236 valence electrons. The van der Waals surface area contributed by atoms with Gasteiger partial charge in [0, 0.05) is 23.6 Å². The summed E-state index contributed by atoms with van der Waals surface area (Å²) in [6.07, 6.45) is 5.16. The van der Waals surface area contributed by atoms with Gasteiger partial charge in [0.25, 0.3) is 12.0 Å². The van der Waals surface area contributed by atoms with E-state index in [0.29, 0.717) is 17.7 Å². The summed E-state index contributed by atoms with van der Waals surface area (Å²) in [6.45, 7) is 4.11. The average molecular weight is 763 g/mol. The maximum Gasteiger partial charge on any atom is 0.355 e. The number of aromatic nitrogens is 2. The number of ether oxygens (including phenoxy) is 2. The molecule has 2 aromatic heterocycles. The van der Waals surface area contributed by atoms with E-state index in [0.717, 1.165) is 26.0 Å². The zero-order valence-electron chi connectivity index (χ0n) is 24.9. The van der Waals surface area contributed by atoms with Crippen LogP contribution in [0.4, 0.5) is 5.69 Å². The number of β-lactam (4-membered cyclic amide) rings is 1. The number of carbonyl (C=O) groups is 2. The predicted octanol–water partition coefficient (Wildman–Crippen LogP) is 1.29. The summed E-state index contributed by atoms with van der Waals surface area (Å²) in [4.78, 5) is 40.7. The second kappa shape index (κ2) is 13.1. The number of thiazole rings is 1. The second-order valence-corrected chi connectivity index (χ2v) is 12.8. The third kappa shape index (κ3) is 5.84. The van der Waals surface area contributed by atoms with Crippen LogP contribution in [-0.2, 0) is 27.5 Å². The minimum atomic E-state index is -0.861. The number of thioether (sulfide) groups is 1. The van der Waals surface area contributed by atoms with Gasteiger partial charge in [-0.05, 0) is 48.6 Å². The van der Waals surface area contributed by atoms with Crippen LogP contribution in [-0.4, -0.2) is 56.7 Å². The Bertz CT molecular complexity index is 1820. The molecular weight excluding hydrogens is 731 g/mol. The van der Waals surface area contributed by atoms with E-state index >= 15 is 0 Å². The molecule has 2 aliphatic rings. The molecular formula is C31H31IN4O7S2. The van der Waals surface area contributed by atoms with Gasteiger partial charge in [-0.15, -0.1) is 0 Å². The Kier molecular flexibility index (Phi) is 9.58. The first-order valence-electron chi connectivity index (χ1n) is 14.0. The fourth-order valence-electron chi connectivity index (χ4n) is 6.16. The maximum absolute atomic E-state index is 13.7. The van der Waals surface area contributed by atoms with E-state index in [1.165, 1.54) is 40.5 Å². The standard InChI is InChI=1S/C31H31N4O7S2.HI/c1-17-24(23-14-33-16-32(29(43-4)30(33)44-23)13-20-6-5-7-22(12-20)41-3)27(34-26(17)25(18(2)36)28(34)37)31(38)42-15-19-8-10-21(11-9-19)35(39)40;/h5-12,14,16-18,25-26,36H,13,15H2,1-4H3;1H/q+1;/p-1/t17-,18+,25+,26+;/m0./s1. The Labute approximate surface area is 284 Å². The van der Waals surface area contributed by atoms with Gasteiger partial charge in [-0.1, -0.05) is 42.2 Å². The van der Waals surface area contributed by atoms with E-state index < -0.39 is 22.9 Å². The van der Waals surface area contributed by atoms with Crippen LogP contribution < -0.4 is 33.3 Å². The van der Waals surface area contributed by atoms with Crippen LogP contribution >= 0.6 is 23.1 Å². The predicted molar refractivity (Wildman–Crippen MR) is 164 cm³/mol. The average Bonchev–Trinajstić information content (AvgIpc) is 3.62. The zero-order valence-corrected chi connectivity index (χ0v) is 28.7. The Hall–Kier alpha value is -3.47. The molecule has 45 heavy (non-hydrogen) atoms. The van der Waals surface area contributed by atoms with E-state index in [-0.39, 0.29) is 59.8 Å². The molecule has 4 atom stereocenters. The van der Waals surface area contributed by atoms with Crippen molar-refractivity contribution in [3.05, 3.63) is 92.9 Å². The van der Waals surface area contributed by atoms with Crippen molar-refractivity contribution in [3.8, 4) is 5.75 Å². The van der Waals surface area contributed by atoms with Gasteiger partial charge in [0.1, 0.15) is 30.8 Å². The lowest BCUT2D eigenvalue weighted by atomic mass is 9.77. The minimum absolute atomic E-state index is 0. The number of halogens is 1. The van der Waals surface area contributed by atoms with Gasteiger partial charge in [0.05, 0.1) is 35.0 Å². The number of hydrogen-bond donors (Lipinski definition) is 1. The number of aliphatic hydroxyl groups excluding tert-OH is 1. The van der Waals surface area contributed by atoms with Gasteiger partial charge in [-0.25, -0.2) is 9.36 Å². The highest BCUT2D eigenvalue weighted by molar-refractivity contribution is 7.98. The van der Waals surface area contributed by atoms with Gasteiger partial charge in [0.15, 0.2) is 0 Å². The number of non-ortho nitro benzene ring substituents is 1. The molecule has 1 saturated heterocycles. The fraction of sp³-hybridized carbons (Fsp3) is 0.323. The number of nitro benzene ring substituents is 1. The van der Waals surface area contributed by atoms with Crippen molar-refractivity contribution in [2.75, 3.05) is 13.4 Å². The molecule has 0 spiro atoms. The number of benzene rings is 2. The highest BCUT2D eigenvalue weighted by Gasteiger charge is 2.60. The molecule has 0 bridgehead atoms. The number of imidazole rings is 1. The molecule has 14 heteroatoms. The SMILES string of the molecule is COc1cccc(C[n+]2cn3cc(C4=C(C(=O)OCc5ccc([N+](=O)[O-])cc5)N5C(=O)[C@H]([C@@H](C)O)[C@H]5[C@H]4C)sc3c2SC)c1.[I-]. The van der Waals surface area contributed by atoms with Gasteiger partial charge >= 0.3 is 5.97 Å². The highest BCUT2D eigenvalue weighted by atomic mass is 127. The van der Waals surface area contributed by atoms with Crippen molar-refractivity contribution in [1.82, 2.24) is 9.30 Å². The lowest BCUT2D eigenvalue weighted by molar-refractivity contribution is -0.721. The summed E-state index contributed by atoms with van der Waals surface area (Å²) < 4.78 is 15.3. The molecule has 2 aliphatic heterocycles. The lowest BCUT2D eigenvalue weighted by Crippen LogP contribution is -3.00. The molecule has 1 N–H and O–H groups in total. The van der Waals surface area contributed by atoms with E-state index in [4.69, 9.17) is 9.47 Å². The summed E-state index contributed by atoms with van der Waals surface area (Å²) >= 11 is 3.16. The molecule has 4 aromatic rings. The van der Waals surface area contributed by atoms with E-state index in [2.05, 4.69) is 10.6 Å². The fourth-order valence-corrected chi connectivity index (χ4v) is 8.34. The lowest BCUT2D eigenvalue weighted by Gasteiger charge is -2.46. The van der Waals surface area contributed by atoms with Crippen LogP contribution in [0.2, 0.25) is 0 Å². The number of carbonyl (C=O) groups excluding carboxylic acids is 2. The van der Waals surface area contributed by atoms with Crippen LogP contribution in [0.5, 0.6) is 5.75 Å². The number of hydrogen-bond acceptors (Lipinski definition) is 9. The topological polar surface area (TPSA) is 128 Å². The summed E-state index contributed by atoms with van der Waals surface area (Å²) in [7, 11) is 1.65. The number of methoxy groups -OCH3 is 1. The number of nitrogens with zero attached hydrogens (tertiary/aromatic N) is 4. The molecule has 1 amide bonds. The molecule has 0 saturated carbocycles. The van der Waals surface area contributed by atoms with Crippen LogP contribution in [0, 0.1) is 22.0 Å². The smallest absolute Gasteiger partial charge is 0.355 e. The Morgan fingerprint density at radius 1 is 1.22 bits per heavy atom. The summed E-state index contributed by atoms with van der Waals surface area (Å²) in [5, 5.41) is 22.4.